The Balaban J connectivity index is 1.44. The number of nitrogens with zero attached hydrogens (tertiary/aromatic N) is 5. The highest BCUT2D eigenvalue weighted by Gasteiger charge is 2.26. The molecule has 1 saturated heterocycles. The summed E-state index contributed by atoms with van der Waals surface area (Å²) in [5.41, 5.74) is 2.18. The van der Waals surface area contributed by atoms with E-state index in [1.807, 2.05) is 24.3 Å². The van der Waals surface area contributed by atoms with Crippen LogP contribution in [0.25, 0.3) is 11.0 Å². The highest BCUT2D eigenvalue weighted by molar-refractivity contribution is 5.91. The van der Waals surface area contributed by atoms with E-state index in [1.54, 1.807) is 4.90 Å². The molecule has 3 N–H and O–H groups in total. The molecular formula is C16H19N7O2. The highest BCUT2D eigenvalue weighted by Crippen LogP contribution is 2.14. The van der Waals surface area contributed by atoms with E-state index in [1.165, 1.54) is 6.20 Å². The summed E-state index contributed by atoms with van der Waals surface area (Å²) in [7, 11) is 0. The first-order valence-corrected chi connectivity index (χ1v) is 8.18. The summed E-state index contributed by atoms with van der Waals surface area (Å²) < 4.78 is 0. The number of rotatable bonds is 3. The van der Waals surface area contributed by atoms with Crippen molar-refractivity contribution < 1.29 is 9.90 Å². The van der Waals surface area contributed by atoms with Crippen molar-refractivity contribution in [2.45, 2.75) is 12.6 Å². The first-order chi connectivity index (χ1) is 12.2. The summed E-state index contributed by atoms with van der Waals surface area (Å²) in [6, 6.07) is 7.87. The fourth-order valence-corrected chi connectivity index (χ4v) is 3.14. The van der Waals surface area contributed by atoms with Crippen LogP contribution in [0.4, 0.5) is 0 Å². The quantitative estimate of drug-likeness (QED) is 0.618. The lowest BCUT2D eigenvalue weighted by Crippen LogP contribution is -2.37. The Morgan fingerprint density at radius 2 is 2.16 bits per heavy atom. The van der Waals surface area contributed by atoms with Crippen LogP contribution in [-0.4, -0.2) is 78.5 Å². The van der Waals surface area contributed by atoms with Gasteiger partial charge in [-0.2, -0.15) is 15.4 Å². The fourth-order valence-electron chi connectivity index (χ4n) is 3.14. The van der Waals surface area contributed by atoms with Crippen molar-refractivity contribution in [2.75, 3.05) is 26.2 Å². The Labute approximate surface area is 143 Å². The lowest BCUT2D eigenvalue weighted by atomic mass is 10.3. The first-order valence-electron chi connectivity index (χ1n) is 8.18. The molecular weight excluding hydrogens is 322 g/mol. The summed E-state index contributed by atoms with van der Waals surface area (Å²) in [5, 5.41) is 20.2. The number of para-hydroxylation sites is 2. The van der Waals surface area contributed by atoms with E-state index in [0.29, 0.717) is 26.2 Å². The van der Waals surface area contributed by atoms with Crippen molar-refractivity contribution in [3.63, 3.8) is 0 Å². The monoisotopic (exact) mass is 341 g/mol. The van der Waals surface area contributed by atoms with Gasteiger partial charge in [0.1, 0.15) is 5.82 Å². The molecule has 0 unspecified atom stereocenters. The highest BCUT2D eigenvalue weighted by atomic mass is 16.3. The van der Waals surface area contributed by atoms with Gasteiger partial charge >= 0.3 is 0 Å². The van der Waals surface area contributed by atoms with Gasteiger partial charge in [0.05, 0.1) is 29.9 Å². The molecule has 0 spiro atoms. The summed E-state index contributed by atoms with van der Waals surface area (Å²) in [6.07, 6.45) is 0.772. The van der Waals surface area contributed by atoms with Gasteiger partial charge in [-0.25, -0.2) is 4.98 Å². The number of aromatic amines is 2. The van der Waals surface area contributed by atoms with Gasteiger partial charge in [-0.15, -0.1) is 0 Å². The minimum absolute atomic E-state index is 0.224. The minimum Gasteiger partial charge on any atom is -0.390 e. The van der Waals surface area contributed by atoms with Gasteiger partial charge in [0.15, 0.2) is 5.69 Å². The predicted octanol–water partition coefficient (Wildman–Crippen LogP) is -0.000100. The summed E-state index contributed by atoms with van der Waals surface area (Å²) in [5.74, 6) is 0.628. The third-order valence-electron chi connectivity index (χ3n) is 4.32. The molecule has 3 aromatic rings. The molecule has 4 rings (SSSR count). The Morgan fingerprint density at radius 3 is 2.96 bits per heavy atom. The SMILES string of the molecule is O=C(c1cn[nH]n1)N1CCN(Cc2nc3ccccc3[nH]2)C[C@@H](O)C1. The second-order valence-electron chi connectivity index (χ2n) is 6.20. The summed E-state index contributed by atoms with van der Waals surface area (Å²) >= 11 is 0. The number of hydrogen-bond donors (Lipinski definition) is 3. The Bertz CT molecular complexity index is 827. The van der Waals surface area contributed by atoms with E-state index >= 15 is 0 Å². The number of carbonyl (C=O) groups is 1. The Morgan fingerprint density at radius 1 is 1.28 bits per heavy atom. The molecule has 1 fully saturated rings. The molecule has 0 aliphatic carbocycles. The average Bonchev–Trinajstić information content (AvgIpc) is 3.22. The molecule has 1 aliphatic rings. The number of β-amino-alcohol motifs (C(OH)–C–C–N with tert-alkyl or cyclic N) is 1. The number of nitrogens with one attached hydrogen (secondary N) is 2. The van der Waals surface area contributed by atoms with E-state index in [-0.39, 0.29) is 18.1 Å². The van der Waals surface area contributed by atoms with Gasteiger partial charge in [-0.3, -0.25) is 9.69 Å². The summed E-state index contributed by atoms with van der Waals surface area (Å²) in [6.45, 7) is 2.53. The van der Waals surface area contributed by atoms with E-state index in [2.05, 4.69) is 30.3 Å². The van der Waals surface area contributed by atoms with Crippen molar-refractivity contribution in [1.82, 2.24) is 35.2 Å². The maximum atomic E-state index is 12.4. The maximum Gasteiger partial charge on any atom is 0.276 e. The number of imidazole rings is 1. The van der Waals surface area contributed by atoms with E-state index in [0.717, 1.165) is 16.9 Å². The zero-order chi connectivity index (χ0) is 17.2. The van der Waals surface area contributed by atoms with Gasteiger partial charge in [-0.05, 0) is 12.1 Å². The Kier molecular flexibility index (Phi) is 4.16. The van der Waals surface area contributed by atoms with Crippen LogP contribution in [0, 0.1) is 0 Å². The number of fused-ring (bicyclic) bond motifs is 1. The van der Waals surface area contributed by atoms with Crippen LogP contribution >= 0.6 is 0 Å². The number of benzene rings is 1. The van der Waals surface area contributed by atoms with Crippen molar-refractivity contribution in [3.05, 3.63) is 42.0 Å². The molecule has 1 aliphatic heterocycles. The van der Waals surface area contributed by atoms with Crippen molar-refractivity contribution >= 4 is 16.9 Å². The molecule has 0 radical (unpaired) electrons. The molecule has 0 bridgehead atoms. The third kappa shape index (κ3) is 3.37. The normalized spacial score (nSPS) is 19.2. The summed E-state index contributed by atoms with van der Waals surface area (Å²) in [4.78, 5) is 24.0. The lowest BCUT2D eigenvalue weighted by Gasteiger charge is -2.20. The van der Waals surface area contributed by atoms with Gasteiger partial charge in [0.2, 0.25) is 0 Å². The standard InChI is InChI=1S/C16H19N7O2/c24-11-8-22(10-15-18-12-3-1-2-4-13(12)19-15)5-6-23(9-11)16(25)14-7-17-21-20-14/h1-4,7,11,24H,5-6,8-10H2,(H,18,19)(H,17,20,21)/t11-/m1/s1. The molecule has 130 valence electrons. The van der Waals surface area contributed by atoms with Crippen LogP contribution < -0.4 is 0 Å². The van der Waals surface area contributed by atoms with Crippen LogP contribution in [0.15, 0.2) is 30.5 Å². The molecule has 1 amide bonds. The van der Waals surface area contributed by atoms with Crippen molar-refractivity contribution in [3.8, 4) is 0 Å². The van der Waals surface area contributed by atoms with Crippen LogP contribution in [0.1, 0.15) is 16.3 Å². The van der Waals surface area contributed by atoms with E-state index in [4.69, 9.17) is 0 Å². The number of hydrogen-bond acceptors (Lipinski definition) is 6. The second-order valence-corrected chi connectivity index (χ2v) is 6.20. The Hall–Kier alpha value is -2.78. The zero-order valence-electron chi connectivity index (χ0n) is 13.6. The van der Waals surface area contributed by atoms with Crippen molar-refractivity contribution in [2.24, 2.45) is 0 Å². The lowest BCUT2D eigenvalue weighted by molar-refractivity contribution is 0.0657. The van der Waals surface area contributed by atoms with E-state index in [9.17, 15) is 9.90 Å². The van der Waals surface area contributed by atoms with Crippen LogP contribution in [0.2, 0.25) is 0 Å². The van der Waals surface area contributed by atoms with Crippen molar-refractivity contribution in [1.29, 1.82) is 0 Å². The largest absolute Gasteiger partial charge is 0.390 e. The van der Waals surface area contributed by atoms with Gasteiger partial charge in [-0.1, -0.05) is 12.1 Å². The molecule has 25 heavy (non-hydrogen) atoms. The number of amides is 1. The van der Waals surface area contributed by atoms with Crippen LogP contribution in [-0.2, 0) is 6.54 Å². The average molecular weight is 341 g/mol. The van der Waals surface area contributed by atoms with Gasteiger partial charge in [0, 0.05) is 26.2 Å². The topological polar surface area (TPSA) is 114 Å². The number of H-pyrrole nitrogens is 2. The number of carbonyl (C=O) groups excluding carboxylic acids is 1. The second kappa shape index (κ2) is 6.61. The molecule has 2 aromatic heterocycles. The number of aromatic nitrogens is 5. The molecule has 9 nitrogen and oxygen atoms in total. The molecule has 9 heteroatoms. The zero-order valence-corrected chi connectivity index (χ0v) is 13.6. The van der Waals surface area contributed by atoms with Gasteiger partial charge < -0.3 is 15.0 Å². The molecule has 3 heterocycles. The predicted molar refractivity (Wildman–Crippen MR) is 89.7 cm³/mol. The van der Waals surface area contributed by atoms with Crippen LogP contribution in [0.5, 0.6) is 0 Å². The first kappa shape index (κ1) is 15.7. The molecule has 1 atom stereocenters. The van der Waals surface area contributed by atoms with Gasteiger partial charge in [0.25, 0.3) is 5.91 Å². The minimum atomic E-state index is -0.622. The maximum absolute atomic E-state index is 12.4. The smallest absolute Gasteiger partial charge is 0.276 e. The van der Waals surface area contributed by atoms with Crippen LogP contribution in [0.3, 0.4) is 0 Å². The third-order valence-corrected chi connectivity index (χ3v) is 4.32. The molecule has 0 saturated carbocycles. The fraction of sp³-hybridized carbons (Fsp3) is 0.375. The number of aliphatic hydroxyl groups excluding tert-OH is 1. The van der Waals surface area contributed by atoms with E-state index < -0.39 is 6.10 Å². The molecule has 1 aromatic carbocycles. The number of aliphatic hydroxyl groups is 1.